The van der Waals surface area contributed by atoms with Crippen molar-refractivity contribution in [3.05, 3.63) is 52.2 Å². The molecule has 4 rings (SSSR count). The molecule has 0 radical (unpaired) electrons. The van der Waals surface area contributed by atoms with Crippen molar-refractivity contribution in [2.45, 2.75) is 13.3 Å². The van der Waals surface area contributed by atoms with E-state index >= 15 is 0 Å². The first-order valence-corrected chi connectivity index (χ1v) is 10.5. The number of likely N-dealkylation sites (N-methyl/N-ethyl adjacent to an activating group) is 1. The highest BCUT2D eigenvalue weighted by Crippen LogP contribution is 2.31. The molecule has 0 unspecified atom stereocenters. The van der Waals surface area contributed by atoms with E-state index in [1.807, 2.05) is 24.3 Å². The number of hydrogen-bond donors (Lipinski definition) is 1. The Hall–Kier alpha value is -1.95. The second-order valence-corrected chi connectivity index (χ2v) is 8.54. The Kier molecular flexibility index (Phi) is 5.43. The maximum absolute atomic E-state index is 13.1. The lowest BCUT2D eigenvalue weighted by atomic mass is 10.1. The van der Waals surface area contributed by atoms with E-state index in [0.717, 1.165) is 71.5 Å². The molecular weight excluding hydrogens is 354 g/mol. The van der Waals surface area contributed by atoms with E-state index in [9.17, 15) is 4.79 Å². The number of hydrogen-bond acceptors (Lipinski definition) is 5. The predicted molar refractivity (Wildman–Crippen MR) is 117 cm³/mol. The first-order valence-electron chi connectivity index (χ1n) is 9.73. The highest BCUT2D eigenvalue weighted by Gasteiger charge is 2.14. The lowest BCUT2D eigenvalue weighted by Crippen LogP contribution is -2.44. The molecule has 0 bridgehead atoms. The zero-order valence-electron chi connectivity index (χ0n) is 16.1. The largest absolute Gasteiger partial charge is 0.384 e. The van der Waals surface area contributed by atoms with Crippen molar-refractivity contribution >= 4 is 37.2 Å². The van der Waals surface area contributed by atoms with Crippen molar-refractivity contribution in [1.29, 1.82) is 0 Å². The molecule has 1 aromatic heterocycles. The van der Waals surface area contributed by atoms with Crippen LogP contribution < -0.4 is 10.7 Å². The molecule has 0 amide bonds. The molecule has 5 heteroatoms. The second-order valence-electron chi connectivity index (χ2n) is 7.49. The minimum Gasteiger partial charge on any atom is -0.384 e. The van der Waals surface area contributed by atoms with Crippen LogP contribution in [0.1, 0.15) is 12.0 Å². The second kappa shape index (κ2) is 7.97. The van der Waals surface area contributed by atoms with E-state index in [2.05, 4.69) is 41.2 Å². The van der Waals surface area contributed by atoms with Gasteiger partial charge in [-0.25, -0.2) is 0 Å². The first-order chi connectivity index (χ1) is 13.1. The van der Waals surface area contributed by atoms with Crippen LogP contribution in [0, 0.1) is 6.92 Å². The molecule has 0 atom stereocenters. The third-order valence-electron chi connectivity index (χ3n) is 5.49. The fourth-order valence-electron chi connectivity index (χ4n) is 3.78. The molecule has 1 N–H and O–H groups in total. The third kappa shape index (κ3) is 3.86. The Labute approximate surface area is 164 Å². The Morgan fingerprint density at radius 3 is 2.67 bits per heavy atom. The van der Waals surface area contributed by atoms with Gasteiger partial charge in [0, 0.05) is 53.2 Å². The average Bonchev–Trinajstić information content (AvgIpc) is 2.69. The summed E-state index contributed by atoms with van der Waals surface area (Å²) in [6, 6.07) is 12.1. The van der Waals surface area contributed by atoms with Gasteiger partial charge >= 0.3 is 0 Å². The van der Waals surface area contributed by atoms with Gasteiger partial charge in [0.25, 0.3) is 0 Å². The molecule has 1 fully saturated rings. The molecule has 2 aromatic carbocycles. The highest BCUT2D eigenvalue weighted by atomic mass is 32.1. The normalized spacial score (nSPS) is 16.2. The number of rotatable bonds is 5. The van der Waals surface area contributed by atoms with Crippen LogP contribution in [-0.4, -0.2) is 56.1 Å². The lowest BCUT2D eigenvalue weighted by molar-refractivity contribution is 0.154. The highest BCUT2D eigenvalue weighted by molar-refractivity contribution is 7.24. The summed E-state index contributed by atoms with van der Waals surface area (Å²) in [5.74, 6) is 0. The minimum absolute atomic E-state index is 0.143. The summed E-state index contributed by atoms with van der Waals surface area (Å²) in [6.45, 7) is 8.71. The van der Waals surface area contributed by atoms with Crippen LogP contribution in [0.5, 0.6) is 0 Å². The zero-order chi connectivity index (χ0) is 18.8. The topological polar surface area (TPSA) is 35.6 Å². The van der Waals surface area contributed by atoms with Gasteiger partial charge in [-0.3, -0.25) is 4.79 Å². The van der Waals surface area contributed by atoms with E-state index in [1.165, 1.54) is 5.56 Å². The van der Waals surface area contributed by atoms with Crippen LogP contribution in [0.3, 0.4) is 0 Å². The first kappa shape index (κ1) is 18.4. The minimum atomic E-state index is 0.143. The average molecular weight is 382 g/mol. The van der Waals surface area contributed by atoms with Crippen LogP contribution in [0.2, 0.25) is 0 Å². The summed E-state index contributed by atoms with van der Waals surface area (Å²) in [7, 11) is 2.19. The van der Waals surface area contributed by atoms with Crippen molar-refractivity contribution in [3.8, 4) is 0 Å². The summed E-state index contributed by atoms with van der Waals surface area (Å²) in [6.07, 6.45) is 1.09. The standard InChI is InChI=1S/C22H27N3OS/c1-16-8-9-18(23-10-5-11-25-14-12-24(2)13-15-25)20-21(26)17-6-3-4-7-19(17)27-22(16)20/h3-4,6-9,23H,5,10-15H2,1-2H3. The van der Waals surface area contributed by atoms with E-state index < -0.39 is 0 Å². The van der Waals surface area contributed by atoms with E-state index in [0.29, 0.717) is 0 Å². The number of fused-ring (bicyclic) bond motifs is 2. The van der Waals surface area contributed by atoms with E-state index in [-0.39, 0.29) is 5.43 Å². The number of aryl methyl sites for hydroxylation is 1. The maximum Gasteiger partial charge on any atom is 0.197 e. The van der Waals surface area contributed by atoms with Crippen LogP contribution in [0.4, 0.5) is 5.69 Å². The summed E-state index contributed by atoms with van der Waals surface area (Å²) in [5, 5.41) is 5.20. The molecule has 2 heterocycles. The Bertz CT molecular complexity index is 1010. The fraction of sp³-hybridized carbons (Fsp3) is 0.409. The summed E-state index contributed by atoms with van der Waals surface area (Å²) in [4.78, 5) is 18.0. The molecule has 1 saturated heterocycles. The van der Waals surface area contributed by atoms with Gasteiger partial charge in [-0.05, 0) is 50.7 Å². The molecule has 0 saturated carbocycles. The van der Waals surface area contributed by atoms with Crippen molar-refractivity contribution < 1.29 is 0 Å². The van der Waals surface area contributed by atoms with Crippen LogP contribution in [0.25, 0.3) is 20.2 Å². The van der Waals surface area contributed by atoms with Gasteiger partial charge in [0.1, 0.15) is 0 Å². The molecule has 1 aliphatic heterocycles. The fourth-order valence-corrected chi connectivity index (χ4v) is 4.95. The van der Waals surface area contributed by atoms with Gasteiger partial charge in [0.2, 0.25) is 0 Å². The monoisotopic (exact) mass is 381 g/mol. The SMILES string of the molecule is Cc1ccc(NCCCN2CCN(C)CC2)c2c(=O)c3ccccc3sc12. The summed E-state index contributed by atoms with van der Waals surface area (Å²) in [5.41, 5.74) is 2.28. The molecule has 4 nitrogen and oxygen atoms in total. The number of nitrogens with zero attached hydrogens (tertiary/aromatic N) is 2. The molecule has 1 aliphatic rings. The van der Waals surface area contributed by atoms with Gasteiger partial charge in [-0.2, -0.15) is 0 Å². The van der Waals surface area contributed by atoms with Crippen molar-refractivity contribution in [2.24, 2.45) is 0 Å². The van der Waals surface area contributed by atoms with Crippen molar-refractivity contribution in [3.63, 3.8) is 0 Å². The maximum atomic E-state index is 13.1. The van der Waals surface area contributed by atoms with Crippen LogP contribution in [-0.2, 0) is 0 Å². The van der Waals surface area contributed by atoms with E-state index in [4.69, 9.17) is 0 Å². The number of anilines is 1. The van der Waals surface area contributed by atoms with Crippen LogP contribution >= 0.6 is 11.3 Å². The van der Waals surface area contributed by atoms with Crippen molar-refractivity contribution in [2.75, 3.05) is 51.6 Å². The summed E-state index contributed by atoms with van der Waals surface area (Å²) >= 11 is 1.72. The van der Waals surface area contributed by atoms with Gasteiger partial charge in [0.15, 0.2) is 5.43 Å². The van der Waals surface area contributed by atoms with Crippen LogP contribution in [0.15, 0.2) is 41.2 Å². The number of benzene rings is 2. The molecule has 0 spiro atoms. The Morgan fingerprint density at radius 1 is 1.07 bits per heavy atom. The molecule has 3 aromatic rings. The predicted octanol–water partition coefficient (Wildman–Crippen LogP) is 3.77. The van der Waals surface area contributed by atoms with Gasteiger partial charge in [-0.15, -0.1) is 11.3 Å². The van der Waals surface area contributed by atoms with Gasteiger partial charge < -0.3 is 15.1 Å². The molecule has 0 aliphatic carbocycles. The zero-order valence-corrected chi connectivity index (χ0v) is 16.9. The smallest absolute Gasteiger partial charge is 0.197 e. The molecule has 142 valence electrons. The summed E-state index contributed by atoms with van der Waals surface area (Å²) < 4.78 is 2.16. The Morgan fingerprint density at radius 2 is 1.85 bits per heavy atom. The molecule has 27 heavy (non-hydrogen) atoms. The number of nitrogens with one attached hydrogen (secondary N) is 1. The van der Waals surface area contributed by atoms with Crippen molar-refractivity contribution in [1.82, 2.24) is 9.80 Å². The lowest BCUT2D eigenvalue weighted by Gasteiger charge is -2.32. The van der Waals surface area contributed by atoms with Gasteiger partial charge in [0.05, 0.1) is 5.39 Å². The molecular formula is C22H27N3OS. The Balaban J connectivity index is 1.53. The quantitative estimate of drug-likeness (QED) is 0.539. The van der Waals surface area contributed by atoms with E-state index in [1.54, 1.807) is 11.3 Å². The van der Waals surface area contributed by atoms with Gasteiger partial charge in [-0.1, -0.05) is 18.2 Å². The third-order valence-corrected chi connectivity index (χ3v) is 6.79. The number of piperazine rings is 1.